The average molecular weight is 298 g/mol. The maximum atomic E-state index is 11.0. The molecular weight excluding hydrogens is 284 g/mol. The topological polar surface area (TPSA) is 107 Å². The monoisotopic (exact) mass is 298 g/mol. The van der Waals surface area contributed by atoms with Crippen LogP contribution >= 0.6 is 0 Å². The van der Waals surface area contributed by atoms with Crippen molar-refractivity contribution < 1.29 is 17.7 Å². The number of hydrogen-bond donors (Lipinski definition) is 1. The van der Waals surface area contributed by atoms with Crippen molar-refractivity contribution in [2.45, 2.75) is 13.5 Å². The van der Waals surface area contributed by atoms with Crippen molar-refractivity contribution >= 4 is 10.0 Å². The number of aromatic nitrogens is 3. The standard InChI is InChI=1S/C11H14N4O4S/c1-3-18-9-5-4-8(6-12-9)11-14-10(19-15-11)7-13-20(2,16)17/h4-6,13H,3,7H2,1-2H3. The molecule has 0 spiro atoms. The molecule has 2 heterocycles. The molecule has 0 bridgehead atoms. The Hall–Kier alpha value is -2.00. The average Bonchev–Trinajstić information content (AvgIpc) is 2.86. The third kappa shape index (κ3) is 4.00. The summed E-state index contributed by atoms with van der Waals surface area (Å²) in [5.74, 6) is 1.03. The maximum absolute atomic E-state index is 11.0. The molecule has 108 valence electrons. The van der Waals surface area contributed by atoms with E-state index in [0.717, 1.165) is 6.26 Å². The van der Waals surface area contributed by atoms with Gasteiger partial charge in [0.25, 0.3) is 0 Å². The molecule has 0 atom stereocenters. The minimum Gasteiger partial charge on any atom is -0.478 e. The van der Waals surface area contributed by atoms with Gasteiger partial charge in [0.15, 0.2) is 0 Å². The van der Waals surface area contributed by atoms with Gasteiger partial charge in [0.05, 0.1) is 19.4 Å². The molecule has 9 heteroatoms. The second kappa shape index (κ2) is 5.97. The second-order valence-electron chi connectivity index (χ2n) is 3.92. The van der Waals surface area contributed by atoms with Gasteiger partial charge in [0, 0.05) is 17.8 Å². The van der Waals surface area contributed by atoms with Gasteiger partial charge in [-0.2, -0.15) is 4.98 Å². The Morgan fingerprint density at radius 3 is 2.80 bits per heavy atom. The molecule has 20 heavy (non-hydrogen) atoms. The second-order valence-corrected chi connectivity index (χ2v) is 5.76. The van der Waals surface area contributed by atoms with Crippen molar-refractivity contribution in [2.75, 3.05) is 12.9 Å². The van der Waals surface area contributed by atoms with Crippen molar-refractivity contribution in [1.29, 1.82) is 0 Å². The van der Waals surface area contributed by atoms with E-state index in [2.05, 4.69) is 19.8 Å². The number of hydrogen-bond acceptors (Lipinski definition) is 7. The summed E-state index contributed by atoms with van der Waals surface area (Å²) < 4.78 is 34.4. The van der Waals surface area contributed by atoms with E-state index in [-0.39, 0.29) is 12.4 Å². The first-order valence-electron chi connectivity index (χ1n) is 5.84. The molecule has 0 aliphatic carbocycles. The largest absolute Gasteiger partial charge is 0.478 e. The fraction of sp³-hybridized carbons (Fsp3) is 0.364. The van der Waals surface area contributed by atoms with E-state index < -0.39 is 10.0 Å². The number of pyridine rings is 1. The van der Waals surface area contributed by atoms with Crippen molar-refractivity contribution in [3.8, 4) is 17.3 Å². The summed E-state index contributed by atoms with van der Waals surface area (Å²) in [5, 5.41) is 3.76. The number of nitrogens with one attached hydrogen (secondary N) is 1. The fourth-order valence-corrected chi connectivity index (χ4v) is 1.77. The molecule has 0 saturated carbocycles. The minimum absolute atomic E-state index is 0.0453. The first-order chi connectivity index (χ1) is 9.48. The van der Waals surface area contributed by atoms with Crippen LogP contribution in [0.15, 0.2) is 22.9 Å². The third-order valence-electron chi connectivity index (χ3n) is 2.24. The van der Waals surface area contributed by atoms with Gasteiger partial charge in [0.1, 0.15) is 0 Å². The normalized spacial score (nSPS) is 11.5. The van der Waals surface area contributed by atoms with Gasteiger partial charge < -0.3 is 9.26 Å². The third-order valence-corrected chi connectivity index (χ3v) is 2.91. The Morgan fingerprint density at radius 1 is 1.40 bits per heavy atom. The lowest BCUT2D eigenvalue weighted by atomic mass is 10.3. The first kappa shape index (κ1) is 14.4. The van der Waals surface area contributed by atoms with Crippen LogP contribution < -0.4 is 9.46 Å². The zero-order valence-electron chi connectivity index (χ0n) is 11.0. The number of rotatable bonds is 6. The molecule has 0 amide bonds. The quantitative estimate of drug-likeness (QED) is 0.831. The van der Waals surface area contributed by atoms with E-state index in [1.807, 2.05) is 6.92 Å². The molecule has 2 rings (SSSR count). The Kier molecular flexibility index (Phi) is 4.30. The van der Waals surface area contributed by atoms with Crippen molar-refractivity contribution in [1.82, 2.24) is 19.8 Å². The summed E-state index contributed by atoms with van der Waals surface area (Å²) in [4.78, 5) is 8.16. The summed E-state index contributed by atoms with van der Waals surface area (Å²) in [6.07, 6.45) is 2.62. The van der Waals surface area contributed by atoms with E-state index in [4.69, 9.17) is 9.26 Å². The number of ether oxygens (including phenoxy) is 1. The van der Waals surface area contributed by atoms with Gasteiger partial charge in [-0.05, 0) is 13.0 Å². The van der Waals surface area contributed by atoms with Gasteiger partial charge in [-0.25, -0.2) is 18.1 Å². The number of sulfonamides is 1. The lowest BCUT2D eigenvalue weighted by molar-refractivity contribution is 0.327. The van der Waals surface area contributed by atoms with E-state index in [0.29, 0.717) is 23.9 Å². The lowest BCUT2D eigenvalue weighted by Gasteiger charge is -2.00. The van der Waals surface area contributed by atoms with E-state index in [1.54, 1.807) is 18.3 Å². The Bertz CT molecular complexity index is 666. The first-order valence-corrected chi connectivity index (χ1v) is 7.73. The highest BCUT2D eigenvalue weighted by Crippen LogP contribution is 2.17. The highest BCUT2D eigenvalue weighted by molar-refractivity contribution is 7.88. The van der Waals surface area contributed by atoms with Gasteiger partial charge in [0.2, 0.25) is 27.6 Å². The summed E-state index contributed by atoms with van der Waals surface area (Å²) >= 11 is 0. The van der Waals surface area contributed by atoms with Crippen molar-refractivity contribution in [3.05, 3.63) is 24.2 Å². The Morgan fingerprint density at radius 2 is 2.20 bits per heavy atom. The van der Waals surface area contributed by atoms with Crippen LogP contribution in [0.25, 0.3) is 11.4 Å². The zero-order valence-corrected chi connectivity index (χ0v) is 11.8. The van der Waals surface area contributed by atoms with Crippen LogP contribution in [0.3, 0.4) is 0 Å². The van der Waals surface area contributed by atoms with Crippen LogP contribution in [0.4, 0.5) is 0 Å². The fourth-order valence-electron chi connectivity index (χ4n) is 1.38. The SMILES string of the molecule is CCOc1ccc(-c2noc(CNS(C)(=O)=O)n2)cn1. The zero-order chi connectivity index (χ0) is 14.6. The van der Waals surface area contributed by atoms with Gasteiger partial charge in [-0.1, -0.05) is 5.16 Å². The minimum atomic E-state index is -3.30. The smallest absolute Gasteiger partial charge is 0.242 e. The molecule has 1 N–H and O–H groups in total. The van der Waals surface area contributed by atoms with Crippen LogP contribution in [0.2, 0.25) is 0 Å². The van der Waals surface area contributed by atoms with Crippen LogP contribution in [0, 0.1) is 0 Å². The molecule has 0 aliphatic rings. The van der Waals surface area contributed by atoms with Crippen molar-refractivity contribution in [3.63, 3.8) is 0 Å². The number of nitrogens with zero attached hydrogens (tertiary/aromatic N) is 3. The lowest BCUT2D eigenvalue weighted by Crippen LogP contribution is -2.21. The molecule has 0 aromatic carbocycles. The summed E-state index contributed by atoms with van der Waals surface area (Å²) in [6.45, 7) is 2.36. The molecule has 0 fully saturated rings. The maximum Gasteiger partial charge on any atom is 0.242 e. The van der Waals surface area contributed by atoms with Gasteiger partial charge >= 0.3 is 0 Å². The van der Waals surface area contributed by atoms with Crippen LogP contribution in [0.5, 0.6) is 5.88 Å². The van der Waals surface area contributed by atoms with Crippen molar-refractivity contribution in [2.24, 2.45) is 0 Å². The predicted molar refractivity (Wildman–Crippen MR) is 70.4 cm³/mol. The highest BCUT2D eigenvalue weighted by atomic mass is 32.2. The molecule has 8 nitrogen and oxygen atoms in total. The van der Waals surface area contributed by atoms with Crippen LogP contribution in [0.1, 0.15) is 12.8 Å². The van der Waals surface area contributed by atoms with Gasteiger partial charge in [-0.15, -0.1) is 0 Å². The van der Waals surface area contributed by atoms with Gasteiger partial charge in [-0.3, -0.25) is 0 Å². The Labute approximate surface area is 116 Å². The molecule has 2 aromatic rings. The predicted octanol–water partition coefficient (Wildman–Crippen LogP) is 0.579. The summed E-state index contributed by atoms with van der Waals surface area (Å²) in [6, 6.07) is 3.44. The molecular formula is C11H14N4O4S. The molecule has 2 aromatic heterocycles. The Balaban J connectivity index is 2.08. The molecule has 0 aliphatic heterocycles. The van der Waals surface area contributed by atoms with E-state index in [1.165, 1.54) is 0 Å². The summed E-state index contributed by atoms with van der Waals surface area (Å²) in [5.41, 5.74) is 0.655. The molecule has 0 unspecified atom stereocenters. The summed E-state index contributed by atoms with van der Waals surface area (Å²) in [7, 11) is -3.30. The molecule has 0 saturated heterocycles. The highest BCUT2D eigenvalue weighted by Gasteiger charge is 2.11. The van der Waals surface area contributed by atoms with Crippen LogP contribution in [-0.4, -0.2) is 36.4 Å². The van der Waals surface area contributed by atoms with Crippen LogP contribution in [-0.2, 0) is 16.6 Å². The molecule has 0 radical (unpaired) electrons. The van der Waals surface area contributed by atoms with E-state index in [9.17, 15) is 8.42 Å². The van der Waals surface area contributed by atoms with E-state index >= 15 is 0 Å².